The first-order valence-corrected chi connectivity index (χ1v) is 8.67. The summed E-state index contributed by atoms with van der Waals surface area (Å²) in [6, 6.07) is 8.27. The first-order valence-electron chi connectivity index (χ1n) is 8.67. The number of aliphatic hydroxyl groups excluding tert-OH is 1. The zero-order valence-electron chi connectivity index (χ0n) is 15.2. The summed E-state index contributed by atoms with van der Waals surface area (Å²) in [5.41, 5.74) is 6.90. The molecule has 1 amide bonds. The number of hydrogen-bond acceptors (Lipinski definition) is 6. The molecule has 0 saturated carbocycles. The number of carbonyl (C=O) groups excluding carboxylic acids is 1. The van der Waals surface area contributed by atoms with Crippen LogP contribution in [0.4, 0.5) is 18.9 Å². The Balaban J connectivity index is 1.63. The van der Waals surface area contributed by atoms with Crippen LogP contribution in [0.2, 0.25) is 0 Å². The lowest BCUT2D eigenvalue weighted by Crippen LogP contribution is -2.25. The van der Waals surface area contributed by atoms with Gasteiger partial charge in [-0.2, -0.15) is 5.10 Å². The normalized spacial score (nSPS) is 14.1. The average Bonchev–Trinajstić information content (AvgIpc) is 3.05. The fourth-order valence-electron chi connectivity index (χ4n) is 2.98. The molecule has 2 heterocycles. The maximum absolute atomic E-state index is 12.7. The number of alkyl halides is 3. The van der Waals surface area contributed by atoms with Crippen LogP contribution < -0.4 is 20.5 Å². The van der Waals surface area contributed by atoms with Crippen molar-refractivity contribution in [2.45, 2.75) is 19.1 Å². The number of ether oxygens (including phenoxy) is 2. The van der Waals surface area contributed by atoms with Crippen molar-refractivity contribution in [3.8, 4) is 28.4 Å². The Morgan fingerprint density at radius 3 is 2.70 bits per heavy atom. The van der Waals surface area contributed by atoms with E-state index in [1.54, 1.807) is 30.6 Å². The Kier molecular flexibility index (Phi) is 4.84. The van der Waals surface area contributed by atoms with Crippen LogP contribution in [-0.2, 0) is 6.54 Å². The van der Waals surface area contributed by atoms with E-state index in [2.05, 4.69) is 15.2 Å². The number of amides is 1. The third-order valence-electron chi connectivity index (χ3n) is 4.22. The summed E-state index contributed by atoms with van der Waals surface area (Å²) in [5.74, 6) is -0.621. The van der Waals surface area contributed by atoms with Gasteiger partial charge in [0.2, 0.25) is 0 Å². The molecule has 30 heavy (non-hydrogen) atoms. The molecule has 0 fully saturated rings. The lowest BCUT2D eigenvalue weighted by atomic mass is 10.0. The maximum atomic E-state index is 12.7. The molecule has 11 heteroatoms. The largest absolute Gasteiger partial charge is 0.573 e. The number of rotatable bonds is 4. The molecule has 1 unspecified atom stereocenters. The molecule has 0 saturated heterocycles. The Morgan fingerprint density at radius 1 is 1.20 bits per heavy atom. The average molecular weight is 420 g/mol. The number of benzene rings is 2. The van der Waals surface area contributed by atoms with Crippen molar-refractivity contribution < 1.29 is 32.5 Å². The van der Waals surface area contributed by atoms with Crippen molar-refractivity contribution >= 4 is 11.6 Å². The molecule has 0 aliphatic carbocycles. The SMILES string of the molecule is NC(O)Cn1cc(-c2ccc3c(c2)C(=O)Nc2cc(OC(F)(F)F)ccc2O3)cn1. The van der Waals surface area contributed by atoms with Crippen LogP contribution in [0, 0.1) is 0 Å². The van der Waals surface area contributed by atoms with Crippen molar-refractivity contribution in [2.75, 3.05) is 5.32 Å². The van der Waals surface area contributed by atoms with Gasteiger partial charge in [0.25, 0.3) is 5.91 Å². The summed E-state index contributed by atoms with van der Waals surface area (Å²) in [7, 11) is 0. The quantitative estimate of drug-likeness (QED) is 0.560. The van der Waals surface area contributed by atoms with Gasteiger partial charge in [0.15, 0.2) is 5.75 Å². The second-order valence-corrected chi connectivity index (χ2v) is 6.49. The Hall–Kier alpha value is -3.57. The fourth-order valence-corrected chi connectivity index (χ4v) is 2.98. The summed E-state index contributed by atoms with van der Waals surface area (Å²) in [5, 5.41) is 15.9. The van der Waals surface area contributed by atoms with E-state index in [4.69, 9.17) is 10.5 Å². The van der Waals surface area contributed by atoms with Crippen LogP contribution in [0.5, 0.6) is 17.2 Å². The zero-order valence-corrected chi connectivity index (χ0v) is 15.2. The van der Waals surface area contributed by atoms with Gasteiger partial charge >= 0.3 is 6.36 Å². The molecule has 1 aliphatic heterocycles. The van der Waals surface area contributed by atoms with Gasteiger partial charge in [-0.15, -0.1) is 13.2 Å². The van der Waals surface area contributed by atoms with Crippen LogP contribution in [-0.4, -0.2) is 33.4 Å². The Bertz CT molecular complexity index is 1110. The number of halogens is 3. The van der Waals surface area contributed by atoms with Crippen LogP contribution >= 0.6 is 0 Å². The van der Waals surface area contributed by atoms with Crippen LogP contribution in [0.25, 0.3) is 11.1 Å². The molecule has 0 radical (unpaired) electrons. The van der Waals surface area contributed by atoms with E-state index in [1.807, 2.05) is 0 Å². The third kappa shape index (κ3) is 4.21. The van der Waals surface area contributed by atoms with Crippen molar-refractivity contribution in [3.05, 3.63) is 54.4 Å². The van der Waals surface area contributed by atoms with Gasteiger partial charge in [-0.05, 0) is 29.8 Å². The van der Waals surface area contributed by atoms with E-state index in [1.165, 1.54) is 10.7 Å². The van der Waals surface area contributed by atoms with Gasteiger partial charge in [0.05, 0.1) is 24.0 Å². The third-order valence-corrected chi connectivity index (χ3v) is 4.22. The summed E-state index contributed by atoms with van der Waals surface area (Å²) in [4.78, 5) is 12.7. The van der Waals surface area contributed by atoms with Gasteiger partial charge in [0, 0.05) is 17.8 Å². The number of fused-ring (bicyclic) bond motifs is 2. The van der Waals surface area contributed by atoms with Crippen molar-refractivity contribution in [2.24, 2.45) is 5.73 Å². The van der Waals surface area contributed by atoms with Crippen molar-refractivity contribution in [1.29, 1.82) is 0 Å². The van der Waals surface area contributed by atoms with Crippen LogP contribution in [0.15, 0.2) is 48.8 Å². The molecule has 0 bridgehead atoms. The van der Waals surface area contributed by atoms with Crippen LogP contribution in [0.3, 0.4) is 0 Å². The number of nitrogens with zero attached hydrogens (tertiary/aromatic N) is 2. The molecule has 8 nitrogen and oxygen atoms in total. The molecule has 0 spiro atoms. The highest BCUT2D eigenvalue weighted by Crippen LogP contribution is 2.39. The van der Waals surface area contributed by atoms with E-state index in [-0.39, 0.29) is 29.3 Å². The molecule has 156 valence electrons. The van der Waals surface area contributed by atoms with E-state index < -0.39 is 24.2 Å². The van der Waals surface area contributed by atoms with Gasteiger partial charge in [-0.25, -0.2) is 0 Å². The second-order valence-electron chi connectivity index (χ2n) is 6.49. The van der Waals surface area contributed by atoms with E-state index in [9.17, 15) is 23.1 Å². The van der Waals surface area contributed by atoms with E-state index in [0.29, 0.717) is 11.1 Å². The molecular weight excluding hydrogens is 405 g/mol. The smallest absolute Gasteiger partial charge is 0.454 e. The minimum atomic E-state index is -4.86. The predicted molar refractivity (Wildman–Crippen MR) is 99.0 cm³/mol. The number of carbonyl (C=O) groups is 1. The highest BCUT2D eigenvalue weighted by molar-refractivity contribution is 6.08. The summed E-state index contributed by atoms with van der Waals surface area (Å²) in [6.45, 7) is 0.103. The predicted octanol–water partition coefficient (Wildman–Crippen LogP) is 3.08. The minimum absolute atomic E-state index is 0.0456. The first-order chi connectivity index (χ1) is 14.2. The molecule has 1 aromatic heterocycles. The Labute approximate surface area is 167 Å². The lowest BCUT2D eigenvalue weighted by Gasteiger charge is -2.12. The van der Waals surface area contributed by atoms with Gasteiger partial charge in [0.1, 0.15) is 17.7 Å². The van der Waals surface area contributed by atoms with Gasteiger partial charge in [-0.1, -0.05) is 6.07 Å². The molecule has 3 aromatic rings. The number of hydrogen-bond donors (Lipinski definition) is 3. The Morgan fingerprint density at radius 2 is 1.97 bits per heavy atom. The number of aromatic nitrogens is 2. The lowest BCUT2D eigenvalue weighted by molar-refractivity contribution is -0.274. The summed E-state index contributed by atoms with van der Waals surface area (Å²) in [6.07, 6.45) is -2.71. The molecule has 4 rings (SSSR count). The highest BCUT2D eigenvalue weighted by atomic mass is 19.4. The molecule has 1 atom stereocenters. The number of anilines is 1. The summed E-state index contributed by atoms with van der Waals surface area (Å²) >= 11 is 0. The molecule has 1 aliphatic rings. The molecule has 4 N–H and O–H groups in total. The topological polar surface area (TPSA) is 112 Å². The monoisotopic (exact) mass is 420 g/mol. The zero-order chi connectivity index (χ0) is 21.5. The molecule has 2 aromatic carbocycles. The minimum Gasteiger partial charge on any atom is -0.454 e. The number of nitrogens with one attached hydrogen (secondary N) is 1. The number of nitrogens with two attached hydrogens (primary N) is 1. The fraction of sp³-hybridized carbons (Fsp3) is 0.158. The van der Waals surface area contributed by atoms with Crippen LogP contribution in [0.1, 0.15) is 10.4 Å². The number of aliphatic hydroxyl groups is 1. The highest BCUT2D eigenvalue weighted by Gasteiger charge is 2.32. The molecular formula is C19H15F3N4O4. The standard InChI is InChI=1S/C19H15F3N4O4/c20-19(21,22)30-12-2-4-16-14(6-12)25-18(28)13-5-10(1-3-15(13)29-16)11-7-24-26(8-11)9-17(23)27/h1-8,17,27H,9,23H2,(H,25,28). The second kappa shape index (κ2) is 7.35. The van der Waals surface area contributed by atoms with Gasteiger partial charge < -0.3 is 25.6 Å². The maximum Gasteiger partial charge on any atom is 0.573 e. The van der Waals surface area contributed by atoms with Gasteiger partial charge in [-0.3, -0.25) is 9.48 Å². The van der Waals surface area contributed by atoms with E-state index in [0.717, 1.165) is 12.1 Å². The summed E-state index contributed by atoms with van der Waals surface area (Å²) < 4.78 is 48.4. The van der Waals surface area contributed by atoms with Crippen molar-refractivity contribution in [1.82, 2.24) is 9.78 Å². The first kappa shape index (κ1) is 19.7. The van der Waals surface area contributed by atoms with Crippen molar-refractivity contribution in [3.63, 3.8) is 0 Å². The van der Waals surface area contributed by atoms with E-state index >= 15 is 0 Å².